The minimum Gasteiger partial charge on any atom is -0.756 e. The molecule has 0 saturated heterocycles. The van der Waals surface area contributed by atoms with Crippen molar-refractivity contribution in [1.29, 1.82) is 0 Å². The van der Waals surface area contributed by atoms with Crippen molar-refractivity contribution in [3.05, 3.63) is 36.5 Å². The minimum atomic E-state index is -4.60. The second-order valence-electron chi connectivity index (χ2n) is 20.6. The van der Waals surface area contributed by atoms with Gasteiger partial charge in [-0.1, -0.05) is 243 Å². The molecule has 1 amide bonds. The predicted molar refractivity (Wildman–Crippen MR) is 284 cm³/mol. The number of amides is 1. The molecule has 0 aromatic carbocycles. The maximum atomic E-state index is 12.9. The SMILES string of the molecule is CCCCCCCCCCCC/C=C/CC/C=C/C(O)C(COP(=O)([O-])OCC[N+](C)(C)C)NC(=O)CCCCCCCCCCCCCC/C=C\CCCCCCCCCCCCCC. The Labute approximate surface area is 410 Å². The largest absolute Gasteiger partial charge is 0.756 e. The van der Waals surface area contributed by atoms with Crippen molar-refractivity contribution in [3.63, 3.8) is 0 Å². The quantitative estimate of drug-likeness (QED) is 0.0272. The maximum absolute atomic E-state index is 12.9. The highest BCUT2D eigenvalue weighted by molar-refractivity contribution is 7.45. The van der Waals surface area contributed by atoms with E-state index >= 15 is 0 Å². The van der Waals surface area contributed by atoms with E-state index in [1.807, 2.05) is 27.2 Å². The molecule has 0 aliphatic carbocycles. The van der Waals surface area contributed by atoms with E-state index in [0.29, 0.717) is 17.4 Å². The third kappa shape index (κ3) is 50.6. The second kappa shape index (κ2) is 48.7. The monoisotopic (exact) mass is 951 g/mol. The molecule has 0 saturated carbocycles. The number of hydrogen-bond donors (Lipinski definition) is 2. The maximum Gasteiger partial charge on any atom is 0.268 e. The molecule has 0 rings (SSSR count). The van der Waals surface area contributed by atoms with Crippen LogP contribution in [0.25, 0.3) is 0 Å². The van der Waals surface area contributed by atoms with Crippen molar-refractivity contribution in [1.82, 2.24) is 5.32 Å². The summed E-state index contributed by atoms with van der Waals surface area (Å²) < 4.78 is 23.3. The molecule has 0 aromatic heterocycles. The van der Waals surface area contributed by atoms with E-state index in [4.69, 9.17) is 9.05 Å². The number of aliphatic hydroxyl groups excluding tert-OH is 1. The van der Waals surface area contributed by atoms with Gasteiger partial charge in [0.05, 0.1) is 39.9 Å². The first-order valence-electron chi connectivity index (χ1n) is 28.4. The van der Waals surface area contributed by atoms with Gasteiger partial charge in [0, 0.05) is 6.42 Å². The Bertz CT molecular complexity index is 1170. The molecule has 0 aromatic rings. The lowest BCUT2D eigenvalue weighted by molar-refractivity contribution is -0.870. The summed E-state index contributed by atoms with van der Waals surface area (Å²) in [5.74, 6) is -0.205. The zero-order valence-corrected chi connectivity index (χ0v) is 45.3. The van der Waals surface area contributed by atoms with E-state index < -0.39 is 26.6 Å². The Morgan fingerprint density at radius 2 is 0.848 bits per heavy atom. The topological polar surface area (TPSA) is 108 Å². The van der Waals surface area contributed by atoms with Gasteiger partial charge in [0.25, 0.3) is 7.82 Å². The van der Waals surface area contributed by atoms with Crippen LogP contribution in [-0.4, -0.2) is 68.5 Å². The highest BCUT2D eigenvalue weighted by Crippen LogP contribution is 2.38. The lowest BCUT2D eigenvalue weighted by Crippen LogP contribution is -2.45. The minimum absolute atomic E-state index is 0.00566. The number of hydrogen-bond acceptors (Lipinski definition) is 6. The number of nitrogens with zero attached hydrogens (tertiary/aromatic N) is 1. The van der Waals surface area contributed by atoms with E-state index in [2.05, 4.69) is 43.5 Å². The lowest BCUT2D eigenvalue weighted by atomic mass is 10.0. The Balaban J connectivity index is 4.16. The first-order valence-corrected chi connectivity index (χ1v) is 29.8. The first kappa shape index (κ1) is 64.7. The van der Waals surface area contributed by atoms with Gasteiger partial charge in [-0.05, 0) is 57.8 Å². The molecule has 0 heterocycles. The Morgan fingerprint density at radius 1 is 0.515 bits per heavy atom. The molecule has 66 heavy (non-hydrogen) atoms. The van der Waals surface area contributed by atoms with E-state index in [1.165, 1.54) is 212 Å². The van der Waals surface area contributed by atoms with Crippen molar-refractivity contribution in [2.45, 2.75) is 283 Å². The number of phosphoric ester groups is 1. The van der Waals surface area contributed by atoms with Crippen molar-refractivity contribution >= 4 is 13.7 Å². The number of carbonyl (C=O) groups excluding carboxylic acids is 1. The number of unbranched alkanes of at least 4 members (excludes halogenated alkanes) is 35. The summed E-state index contributed by atoms with van der Waals surface area (Å²) in [5.41, 5.74) is 0. The van der Waals surface area contributed by atoms with Crippen molar-refractivity contribution in [2.75, 3.05) is 40.9 Å². The van der Waals surface area contributed by atoms with Gasteiger partial charge < -0.3 is 28.8 Å². The van der Waals surface area contributed by atoms with Gasteiger partial charge in [0.2, 0.25) is 5.91 Å². The molecule has 8 nitrogen and oxygen atoms in total. The van der Waals surface area contributed by atoms with Gasteiger partial charge in [0.1, 0.15) is 13.2 Å². The Hall–Kier alpha value is -1.28. The smallest absolute Gasteiger partial charge is 0.268 e. The number of carbonyl (C=O) groups is 1. The van der Waals surface area contributed by atoms with Crippen LogP contribution >= 0.6 is 7.82 Å². The molecule has 0 bridgehead atoms. The summed E-state index contributed by atoms with van der Waals surface area (Å²) >= 11 is 0. The molecule has 0 radical (unpaired) electrons. The van der Waals surface area contributed by atoms with Crippen molar-refractivity contribution in [2.24, 2.45) is 0 Å². The zero-order chi connectivity index (χ0) is 48.5. The van der Waals surface area contributed by atoms with Crippen LogP contribution in [0.4, 0.5) is 0 Å². The van der Waals surface area contributed by atoms with Gasteiger partial charge >= 0.3 is 0 Å². The van der Waals surface area contributed by atoms with Crippen LogP contribution in [0.3, 0.4) is 0 Å². The molecule has 0 aliphatic rings. The van der Waals surface area contributed by atoms with Gasteiger partial charge in [-0.3, -0.25) is 9.36 Å². The Kier molecular flexibility index (Phi) is 47.8. The summed E-state index contributed by atoms with van der Waals surface area (Å²) in [6.45, 7) is 4.65. The number of allylic oxidation sites excluding steroid dienone is 5. The zero-order valence-electron chi connectivity index (χ0n) is 44.4. The molecule has 3 unspecified atom stereocenters. The summed E-state index contributed by atoms with van der Waals surface area (Å²) in [7, 11) is 1.25. The van der Waals surface area contributed by atoms with E-state index in [9.17, 15) is 19.4 Å². The van der Waals surface area contributed by atoms with E-state index in [0.717, 1.165) is 38.5 Å². The summed E-state index contributed by atoms with van der Waals surface area (Å²) in [5, 5.41) is 13.8. The van der Waals surface area contributed by atoms with Crippen LogP contribution in [0, 0.1) is 0 Å². The van der Waals surface area contributed by atoms with Crippen LogP contribution < -0.4 is 10.2 Å². The fourth-order valence-electron chi connectivity index (χ4n) is 8.34. The summed E-state index contributed by atoms with van der Waals surface area (Å²) in [6.07, 6.45) is 62.3. The van der Waals surface area contributed by atoms with Crippen LogP contribution in [0.2, 0.25) is 0 Å². The molecule has 0 spiro atoms. The van der Waals surface area contributed by atoms with Gasteiger partial charge in [-0.15, -0.1) is 0 Å². The first-order chi connectivity index (χ1) is 32.0. The third-order valence-corrected chi connectivity index (χ3v) is 13.8. The molecule has 2 N–H and O–H groups in total. The van der Waals surface area contributed by atoms with Crippen LogP contribution in [0.1, 0.15) is 271 Å². The standard InChI is InChI=1S/C57H111N2O6P/c1-6-8-10-12-14-16-18-20-22-24-25-26-27-28-29-30-31-32-33-34-35-37-39-41-43-45-47-49-51-57(61)58-55(54-65-66(62,63)64-53-52-59(3,4)5)56(60)50-48-46-44-42-40-38-36-23-21-19-17-15-13-11-9-7-2/h28-29,40,42,48,50,55-56,60H,6-27,30-39,41,43-47,49,51-54H2,1-5H3,(H-,58,61,62,63)/b29-28-,42-40+,50-48+. The molecular weight excluding hydrogens is 840 g/mol. The number of likely N-dealkylation sites (N-methyl/N-ethyl adjacent to an activating group) is 1. The molecule has 390 valence electrons. The number of phosphoric acid groups is 1. The second-order valence-corrected chi connectivity index (χ2v) is 22.0. The summed E-state index contributed by atoms with van der Waals surface area (Å²) in [4.78, 5) is 25.4. The van der Waals surface area contributed by atoms with E-state index in [1.54, 1.807) is 6.08 Å². The predicted octanol–water partition coefficient (Wildman–Crippen LogP) is 16.4. The van der Waals surface area contributed by atoms with Crippen LogP contribution in [0.5, 0.6) is 0 Å². The molecule has 0 aliphatic heterocycles. The molecule has 3 atom stereocenters. The normalized spacial score (nSPS) is 14.2. The highest BCUT2D eigenvalue weighted by atomic mass is 31.2. The fourth-order valence-corrected chi connectivity index (χ4v) is 9.06. The van der Waals surface area contributed by atoms with Gasteiger partial charge in [0.15, 0.2) is 0 Å². The third-order valence-electron chi connectivity index (χ3n) is 12.8. The van der Waals surface area contributed by atoms with Gasteiger partial charge in [-0.25, -0.2) is 0 Å². The Morgan fingerprint density at radius 3 is 1.23 bits per heavy atom. The molecule has 0 fully saturated rings. The number of nitrogens with one attached hydrogen (secondary N) is 1. The molecule has 9 heteroatoms. The van der Waals surface area contributed by atoms with Gasteiger partial charge in [-0.2, -0.15) is 0 Å². The number of rotatable bonds is 52. The lowest BCUT2D eigenvalue weighted by Gasteiger charge is -2.29. The molecular formula is C57H111N2O6P. The highest BCUT2D eigenvalue weighted by Gasteiger charge is 2.23. The van der Waals surface area contributed by atoms with Crippen LogP contribution in [-0.2, 0) is 18.4 Å². The average molecular weight is 951 g/mol. The van der Waals surface area contributed by atoms with Crippen LogP contribution in [0.15, 0.2) is 36.5 Å². The van der Waals surface area contributed by atoms with Crippen molar-refractivity contribution < 1.29 is 32.9 Å². The number of aliphatic hydroxyl groups is 1. The van der Waals surface area contributed by atoms with Crippen molar-refractivity contribution in [3.8, 4) is 0 Å². The average Bonchev–Trinajstić information content (AvgIpc) is 3.28. The number of quaternary nitrogens is 1. The summed E-state index contributed by atoms with van der Waals surface area (Å²) in [6, 6.07) is -0.902. The fraction of sp³-hybridized carbons (Fsp3) is 0.877. The van der Waals surface area contributed by atoms with E-state index in [-0.39, 0.29) is 12.5 Å².